The SMILES string of the molecule is CCCCNCc1nn(-c2ccc(CC)cc2)c(C)cc1=O. The van der Waals surface area contributed by atoms with E-state index in [0.717, 1.165) is 37.2 Å². The molecular formula is C18H25N3O. The van der Waals surface area contributed by atoms with Crippen molar-refractivity contribution in [2.24, 2.45) is 0 Å². The molecule has 2 rings (SSSR count). The van der Waals surface area contributed by atoms with Gasteiger partial charge < -0.3 is 5.32 Å². The second-order valence-electron chi connectivity index (χ2n) is 5.56. The Morgan fingerprint density at radius 2 is 1.91 bits per heavy atom. The summed E-state index contributed by atoms with van der Waals surface area (Å²) in [7, 11) is 0. The molecule has 0 radical (unpaired) electrons. The van der Waals surface area contributed by atoms with E-state index in [1.54, 1.807) is 6.07 Å². The van der Waals surface area contributed by atoms with Gasteiger partial charge in [-0.25, -0.2) is 4.68 Å². The number of nitrogens with zero attached hydrogens (tertiary/aromatic N) is 2. The van der Waals surface area contributed by atoms with E-state index in [0.29, 0.717) is 12.2 Å². The van der Waals surface area contributed by atoms with Gasteiger partial charge in [-0.2, -0.15) is 5.10 Å². The van der Waals surface area contributed by atoms with Crippen LogP contribution in [0.2, 0.25) is 0 Å². The third-order valence-electron chi connectivity index (χ3n) is 3.77. The van der Waals surface area contributed by atoms with E-state index in [4.69, 9.17) is 0 Å². The highest BCUT2D eigenvalue weighted by Crippen LogP contribution is 2.11. The van der Waals surface area contributed by atoms with Crippen molar-refractivity contribution in [1.82, 2.24) is 15.1 Å². The highest BCUT2D eigenvalue weighted by molar-refractivity contribution is 5.35. The van der Waals surface area contributed by atoms with E-state index in [2.05, 4.69) is 48.5 Å². The van der Waals surface area contributed by atoms with Crippen molar-refractivity contribution in [2.75, 3.05) is 6.54 Å². The molecule has 0 spiro atoms. The molecule has 1 heterocycles. The Balaban J connectivity index is 2.25. The smallest absolute Gasteiger partial charge is 0.204 e. The molecule has 0 bridgehead atoms. The van der Waals surface area contributed by atoms with Gasteiger partial charge in [-0.15, -0.1) is 0 Å². The lowest BCUT2D eigenvalue weighted by molar-refractivity contribution is 0.615. The summed E-state index contributed by atoms with van der Waals surface area (Å²) in [6.45, 7) is 7.63. The van der Waals surface area contributed by atoms with Gasteiger partial charge in [-0.3, -0.25) is 4.79 Å². The summed E-state index contributed by atoms with van der Waals surface area (Å²) >= 11 is 0. The average molecular weight is 299 g/mol. The molecule has 0 amide bonds. The molecule has 4 heteroatoms. The summed E-state index contributed by atoms with van der Waals surface area (Å²) in [4.78, 5) is 12.1. The van der Waals surface area contributed by atoms with Crippen LogP contribution < -0.4 is 10.7 Å². The first-order valence-corrected chi connectivity index (χ1v) is 8.05. The summed E-state index contributed by atoms with van der Waals surface area (Å²) in [6.07, 6.45) is 3.27. The summed E-state index contributed by atoms with van der Waals surface area (Å²) in [5.74, 6) is 0. The minimum atomic E-state index is 0.00271. The molecule has 22 heavy (non-hydrogen) atoms. The maximum Gasteiger partial charge on any atom is 0.204 e. The highest BCUT2D eigenvalue weighted by Gasteiger charge is 2.07. The molecule has 2 aromatic rings. The molecular weight excluding hydrogens is 274 g/mol. The number of aromatic nitrogens is 2. The molecule has 1 N–H and O–H groups in total. The maximum absolute atomic E-state index is 12.1. The predicted octanol–water partition coefficient (Wildman–Crippen LogP) is 2.99. The Labute approximate surface area is 132 Å². The van der Waals surface area contributed by atoms with Crippen LogP contribution in [0.1, 0.15) is 43.6 Å². The largest absolute Gasteiger partial charge is 0.311 e. The minimum Gasteiger partial charge on any atom is -0.311 e. The van der Waals surface area contributed by atoms with E-state index in [1.807, 2.05) is 11.6 Å². The van der Waals surface area contributed by atoms with Gasteiger partial charge in [0.1, 0.15) is 5.69 Å². The molecule has 0 unspecified atom stereocenters. The Kier molecular flexibility index (Phi) is 5.90. The molecule has 118 valence electrons. The molecule has 0 saturated heterocycles. The Morgan fingerprint density at radius 3 is 2.55 bits per heavy atom. The lowest BCUT2D eigenvalue weighted by atomic mass is 10.1. The highest BCUT2D eigenvalue weighted by atomic mass is 16.1. The lowest BCUT2D eigenvalue weighted by Crippen LogP contribution is -2.25. The van der Waals surface area contributed by atoms with Crippen LogP contribution in [0.3, 0.4) is 0 Å². The van der Waals surface area contributed by atoms with Crippen LogP contribution >= 0.6 is 0 Å². The summed E-state index contributed by atoms with van der Waals surface area (Å²) in [5, 5.41) is 7.82. The van der Waals surface area contributed by atoms with Crippen molar-refractivity contribution in [3.63, 3.8) is 0 Å². The Morgan fingerprint density at radius 1 is 1.18 bits per heavy atom. The topological polar surface area (TPSA) is 46.9 Å². The number of hydrogen-bond donors (Lipinski definition) is 1. The first-order valence-electron chi connectivity index (χ1n) is 8.05. The van der Waals surface area contributed by atoms with Crippen LogP contribution in [0.15, 0.2) is 35.1 Å². The third-order valence-corrected chi connectivity index (χ3v) is 3.77. The van der Waals surface area contributed by atoms with Crippen LogP contribution in [-0.4, -0.2) is 16.3 Å². The van der Waals surface area contributed by atoms with Gasteiger partial charge in [-0.1, -0.05) is 32.4 Å². The maximum atomic E-state index is 12.1. The number of rotatable bonds is 7. The molecule has 1 aromatic carbocycles. The molecule has 1 aromatic heterocycles. The number of aryl methyl sites for hydroxylation is 2. The van der Waals surface area contributed by atoms with Crippen LogP contribution in [0.4, 0.5) is 0 Å². The molecule has 0 aliphatic carbocycles. The molecule has 0 aliphatic rings. The zero-order valence-corrected chi connectivity index (χ0v) is 13.7. The third kappa shape index (κ3) is 4.04. The van der Waals surface area contributed by atoms with Gasteiger partial charge in [0.25, 0.3) is 0 Å². The quantitative estimate of drug-likeness (QED) is 0.800. The lowest BCUT2D eigenvalue weighted by Gasteiger charge is -2.12. The molecule has 0 aliphatic heterocycles. The molecule has 0 fully saturated rings. The van der Waals surface area contributed by atoms with Crippen molar-refractivity contribution >= 4 is 0 Å². The van der Waals surface area contributed by atoms with E-state index < -0.39 is 0 Å². The Hall–Kier alpha value is -1.94. The van der Waals surface area contributed by atoms with Gasteiger partial charge in [0, 0.05) is 18.3 Å². The fourth-order valence-electron chi connectivity index (χ4n) is 2.35. The first kappa shape index (κ1) is 16.4. The summed E-state index contributed by atoms with van der Waals surface area (Å²) < 4.78 is 1.84. The normalized spacial score (nSPS) is 10.9. The van der Waals surface area contributed by atoms with E-state index in [-0.39, 0.29) is 5.43 Å². The number of hydrogen-bond acceptors (Lipinski definition) is 3. The fourth-order valence-corrected chi connectivity index (χ4v) is 2.35. The minimum absolute atomic E-state index is 0.00271. The number of unbranched alkanes of at least 4 members (excludes halogenated alkanes) is 1. The van der Waals surface area contributed by atoms with Crippen molar-refractivity contribution in [3.05, 3.63) is 57.5 Å². The van der Waals surface area contributed by atoms with E-state index >= 15 is 0 Å². The van der Waals surface area contributed by atoms with Crippen molar-refractivity contribution < 1.29 is 0 Å². The predicted molar refractivity (Wildman–Crippen MR) is 90.6 cm³/mol. The second-order valence-corrected chi connectivity index (χ2v) is 5.56. The zero-order valence-electron chi connectivity index (χ0n) is 13.7. The van der Waals surface area contributed by atoms with Crippen LogP contribution in [0.5, 0.6) is 0 Å². The number of nitrogens with one attached hydrogen (secondary N) is 1. The van der Waals surface area contributed by atoms with Gasteiger partial charge in [0.15, 0.2) is 0 Å². The monoisotopic (exact) mass is 299 g/mol. The van der Waals surface area contributed by atoms with Crippen LogP contribution in [-0.2, 0) is 13.0 Å². The van der Waals surface area contributed by atoms with Gasteiger partial charge in [-0.05, 0) is 44.0 Å². The number of benzene rings is 1. The van der Waals surface area contributed by atoms with Crippen LogP contribution in [0, 0.1) is 6.92 Å². The molecule has 4 nitrogen and oxygen atoms in total. The fraction of sp³-hybridized carbons (Fsp3) is 0.444. The average Bonchev–Trinajstić information content (AvgIpc) is 2.53. The van der Waals surface area contributed by atoms with Gasteiger partial charge in [0.2, 0.25) is 5.43 Å². The standard InChI is InChI=1S/C18H25N3O/c1-4-6-11-19-13-17-18(22)12-14(3)21(20-17)16-9-7-15(5-2)8-10-16/h7-10,12,19H,4-6,11,13H2,1-3H3. The second kappa shape index (κ2) is 7.90. The summed E-state index contributed by atoms with van der Waals surface area (Å²) in [5.41, 5.74) is 3.71. The van der Waals surface area contributed by atoms with Gasteiger partial charge in [0.05, 0.1) is 5.69 Å². The van der Waals surface area contributed by atoms with E-state index in [9.17, 15) is 4.79 Å². The summed E-state index contributed by atoms with van der Waals surface area (Å²) in [6, 6.07) is 9.98. The van der Waals surface area contributed by atoms with E-state index in [1.165, 1.54) is 5.56 Å². The molecule has 0 saturated carbocycles. The van der Waals surface area contributed by atoms with Crippen molar-refractivity contribution in [3.8, 4) is 5.69 Å². The Bertz CT molecular complexity index is 659. The van der Waals surface area contributed by atoms with Crippen molar-refractivity contribution in [2.45, 2.75) is 46.6 Å². The van der Waals surface area contributed by atoms with Crippen molar-refractivity contribution in [1.29, 1.82) is 0 Å². The first-order chi connectivity index (χ1) is 10.7. The zero-order chi connectivity index (χ0) is 15.9. The van der Waals surface area contributed by atoms with Crippen LogP contribution in [0.25, 0.3) is 5.69 Å². The van der Waals surface area contributed by atoms with Gasteiger partial charge >= 0.3 is 0 Å². The molecule has 0 atom stereocenters.